The smallest absolute Gasteiger partial charge is 0.320 e. The summed E-state index contributed by atoms with van der Waals surface area (Å²) in [6.45, 7) is 1.57. The molecule has 2 aromatic carbocycles. The van der Waals surface area contributed by atoms with Crippen molar-refractivity contribution < 1.29 is 28.8 Å². The first-order valence-corrected chi connectivity index (χ1v) is 9.86. The molecule has 0 spiro atoms. The molecule has 170 valence electrons. The number of ether oxygens (including phenoxy) is 1. The fourth-order valence-corrected chi connectivity index (χ4v) is 3.22. The Labute approximate surface area is 187 Å². The zero-order valence-electron chi connectivity index (χ0n) is 17.5. The van der Waals surface area contributed by atoms with Crippen molar-refractivity contribution in [3.63, 3.8) is 0 Å². The molecular formula is C22H20N4O7. The van der Waals surface area contributed by atoms with Gasteiger partial charge in [-0.1, -0.05) is 18.2 Å². The van der Waals surface area contributed by atoms with Crippen molar-refractivity contribution >= 4 is 29.1 Å². The van der Waals surface area contributed by atoms with Crippen LogP contribution in [0.15, 0.2) is 66.4 Å². The normalized spacial score (nSPS) is 18.8. The second-order valence-electron chi connectivity index (χ2n) is 6.96. The lowest BCUT2D eigenvalue weighted by Crippen LogP contribution is -2.51. The van der Waals surface area contributed by atoms with Gasteiger partial charge in [-0.15, -0.1) is 0 Å². The SMILES string of the molecule is CCOC(=O)C1C(=O)C(=CC(=O)c2ccc([N+](=O)[O-])cc2)N(NC(=O)c2ccccc2)C1N. The number of carbonyl (C=O) groups is 4. The Balaban J connectivity index is 1.95. The van der Waals surface area contributed by atoms with E-state index in [1.54, 1.807) is 25.1 Å². The van der Waals surface area contributed by atoms with Crippen LogP contribution >= 0.6 is 0 Å². The topological polar surface area (TPSA) is 162 Å². The van der Waals surface area contributed by atoms with Crippen LogP contribution in [0, 0.1) is 16.0 Å². The number of esters is 1. The van der Waals surface area contributed by atoms with Crippen molar-refractivity contribution in [2.45, 2.75) is 13.1 Å². The molecule has 1 saturated heterocycles. The first kappa shape index (κ1) is 23.3. The molecule has 2 unspecified atom stereocenters. The zero-order valence-corrected chi connectivity index (χ0v) is 17.5. The van der Waals surface area contributed by atoms with E-state index < -0.39 is 40.4 Å². The number of nitrogens with zero attached hydrogens (tertiary/aromatic N) is 2. The number of nitro groups is 1. The lowest BCUT2D eigenvalue weighted by atomic mass is 10.0. The van der Waals surface area contributed by atoms with E-state index in [0.29, 0.717) is 0 Å². The highest BCUT2D eigenvalue weighted by molar-refractivity contribution is 6.16. The van der Waals surface area contributed by atoms with Gasteiger partial charge < -0.3 is 10.5 Å². The van der Waals surface area contributed by atoms with Gasteiger partial charge in [0, 0.05) is 29.3 Å². The van der Waals surface area contributed by atoms with Crippen molar-refractivity contribution in [2.75, 3.05) is 6.61 Å². The molecule has 1 aliphatic heterocycles. The average Bonchev–Trinajstić information content (AvgIpc) is 3.03. The minimum Gasteiger partial charge on any atom is -0.465 e. The monoisotopic (exact) mass is 452 g/mol. The highest BCUT2D eigenvalue weighted by Gasteiger charge is 2.48. The highest BCUT2D eigenvalue weighted by atomic mass is 16.6. The standard InChI is InChI=1S/C22H20N4O7/c1-2-33-22(30)18-19(28)16(12-17(27)13-8-10-15(11-9-13)26(31)32)25(20(18)23)24-21(29)14-6-4-3-5-7-14/h3-12,18,20H,2,23H2,1H3,(H,24,29). The molecule has 3 rings (SSSR count). The summed E-state index contributed by atoms with van der Waals surface area (Å²) in [6, 6.07) is 12.8. The molecule has 2 aromatic rings. The second-order valence-corrected chi connectivity index (χ2v) is 6.96. The van der Waals surface area contributed by atoms with Gasteiger partial charge in [0.2, 0.25) is 0 Å². The molecule has 1 amide bonds. The van der Waals surface area contributed by atoms with Crippen LogP contribution in [-0.2, 0) is 14.3 Å². The zero-order chi connectivity index (χ0) is 24.1. The lowest BCUT2D eigenvalue weighted by Gasteiger charge is -2.25. The number of carbonyl (C=O) groups excluding carboxylic acids is 4. The van der Waals surface area contributed by atoms with E-state index in [0.717, 1.165) is 23.2 Å². The maximum atomic E-state index is 13.0. The first-order chi connectivity index (χ1) is 15.7. The number of hydrogen-bond donors (Lipinski definition) is 2. The molecule has 0 bridgehead atoms. The third kappa shape index (κ3) is 4.93. The van der Waals surface area contributed by atoms with Gasteiger partial charge >= 0.3 is 5.97 Å². The number of allylic oxidation sites excluding steroid dienone is 2. The number of amides is 1. The van der Waals surface area contributed by atoms with Crippen LogP contribution in [-0.4, -0.2) is 46.1 Å². The number of Topliss-reactive ketones (excluding diaryl/α,β-unsaturated/α-hetero) is 1. The lowest BCUT2D eigenvalue weighted by molar-refractivity contribution is -0.384. The van der Waals surface area contributed by atoms with Gasteiger partial charge in [0.15, 0.2) is 17.5 Å². The average molecular weight is 452 g/mol. The number of hydrogen-bond acceptors (Lipinski definition) is 9. The summed E-state index contributed by atoms with van der Waals surface area (Å²) < 4.78 is 4.92. The summed E-state index contributed by atoms with van der Waals surface area (Å²) >= 11 is 0. The maximum Gasteiger partial charge on any atom is 0.320 e. The highest BCUT2D eigenvalue weighted by Crippen LogP contribution is 2.27. The molecule has 2 atom stereocenters. The predicted octanol–water partition coefficient (Wildman–Crippen LogP) is 1.36. The fraction of sp³-hybridized carbons (Fsp3) is 0.182. The number of hydrazine groups is 1. The Kier molecular flexibility index (Phi) is 6.94. The maximum absolute atomic E-state index is 13.0. The van der Waals surface area contributed by atoms with Crippen LogP contribution in [0.1, 0.15) is 27.6 Å². The molecule has 33 heavy (non-hydrogen) atoms. The van der Waals surface area contributed by atoms with Gasteiger partial charge in [-0.05, 0) is 31.2 Å². The Morgan fingerprint density at radius 3 is 2.33 bits per heavy atom. The van der Waals surface area contributed by atoms with E-state index in [1.165, 1.54) is 24.3 Å². The fourth-order valence-electron chi connectivity index (χ4n) is 3.22. The summed E-state index contributed by atoms with van der Waals surface area (Å²) in [6.07, 6.45) is -0.395. The molecule has 11 nitrogen and oxygen atoms in total. The van der Waals surface area contributed by atoms with Gasteiger partial charge in [0.05, 0.1) is 11.5 Å². The number of ketones is 2. The van der Waals surface area contributed by atoms with E-state index in [-0.39, 0.29) is 29.1 Å². The minimum atomic E-state index is -1.46. The Morgan fingerprint density at radius 2 is 1.76 bits per heavy atom. The number of non-ortho nitro benzene ring substituents is 1. The van der Waals surface area contributed by atoms with Crippen LogP contribution in [0.4, 0.5) is 5.69 Å². The molecule has 0 aliphatic carbocycles. The van der Waals surface area contributed by atoms with Crippen molar-refractivity contribution in [3.05, 3.63) is 87.6 Å². The van der Waals surface area contributed by atoms with Gasteiger partial charge in [-0.2, -0.15) is 0 Å². The van der Waals surface area contributed by atoms with Crippen LogP contribution in [0.2, 0.25) is 0 Å². The number of nitrogens with two attached hydrogens (primary N) is 1. The Bertz CT molecular complexity index is 1130. The molecule has 11 heteroatoms. The largest absolute Gasteiger partial charge is 0.465 e. The molecule has 1 fully saturated rings. The van der Waals surface area contributed by atoms with E-state index >= 15 is 0 Å². The van der Waals surface area contributed by atoms with Crippen LogP contribution < -0.4 is 11.2 Å². The third-order valence-corrected chi connectivity index (χ3v) is 4.86. The van der Waals surface area contributed by atoms with E-state index in [4.69, 9.17) is 10.5 Å². The third-order valence-electron chi connectivity index (χ3n) is 4.86. The number of nitro benzene ring substituents is 1. The summed E-state index contributed by atoms with van der Waals surface area (Å²) in [4.78, 5) is 60.9. The van der Waals surface area contributed by atoms with Gasteiger partial charge in [0.1, 0.15) is 11.9 Å². The summed E-state index contributed by atoms with van der Waals surface area (Å²) in [7, 11) is 0. The number of rotatable bonds is 7. The number of nitrogens with one attached hydrogen (secondary N) is 1. The van der Waals surface area contributed by atoms with Crippen molar-refractivity contribution in [3.8, 4) is 0 Å². The molecule has 0 aromatic heterocycles. The van der Waals surface area contributed by atoms with E-state index in [9.17, 15) is 29.3 Å². The second kappa shape index (κ2) is 9.83. The van der Waals surface area contributed by atoms with Crippen LogP contribution in [0.25, 0.3) is 0 Å². The molecular weight excluding hydrogens is 432 g/mol. The Hall–Kier alpha value is -4.38. The van der Waals surface area contributed by atoms with Crippen molar-refractivity contribution in [1.29, 1.82) is 0 Å². The quantitative estimate of drug-likeness (QED) is 0.158. The van der Waals surface area contributed by atoms with Crippen LogP contribution in [0.3, 0.4) is 0 Å². The Morgan fingerprint density at radius 1 is 1.12 bits per heavy atom. The molecule has 1 aliphatic rings. The molecule has 1 heterocycles. The van der Waals surface area contributed by atoms with E-state index in [2.05, 4.69) is 5.43 Å². The van der Waals surface area contributed by atoms with Gasteiger partial charge in [-0.25, -0.2) is 0 Å². The van der Waals surface area contributed by atoms with Crippen LogP contribution in [0.5, 0.6) is 0 Å². The first-order valence-electron chi connectivity index (χ1n) is 9.86. The van der Waals surface area contributed by atoms with Crippen molar-refractivity contribution in [1.82, 2.24) is 10.4 Å². The summed E-state index contributed by atoms with van der Waals surface area (Å²) in [5.74, 6) is -4.44. The van der Waals surface area contributed by atoms with Gasteiger partial charge in [-0.3, -0.25) is 39.7 Å². The summed E-state index contributed by atoms with van der Waals surface area (Å²) in [5.41, 5.74) is 8.35. The summed E-state index contributed by atoms with van der Waals surface area (Å²) in [5, 5.41) is 11.8. The van der Waals surface area contributed by atoms with E-state index in [1.807, 2.05) is 0 Å². The van der Waals surface area contributed by atoms with Gasteiger partial charge in [0.25, 0.3) is 11.6 Å². The minimum absolute atomic E-state index is 0.00643. The van der Waals surface area contributed by atoms with Crippen molar-refractivity contribution in [2.24, 2.45) is 11.7 Å². The number of benzene rings is 2. The molecule has 0 radical (unpaired) electrons. The predicted molar refractivity (Wildman–Crippen MR) is 114 cm³/mol. The molecule has 3 N–H and O–H groups in total. The molecule has 0 saturated carbocycles.